The quantitative estimate of drug-likeness (QED) is 0.858. The lowest BCUT2D eigenvalue weighted by atomic mass is 9.73. The average molecular weight is 340 g/mol. The summed E-state index contributed by atoms with van der Waals surface area (Å²) >= 11 is 6.21. The van der Waals surface area contributed by atoms with Crippen molar-refractivity contribution in [3.05, 3.63) is 11.3 Å². The highest BCUT2D eigenvalue weighted by Gasteiger charge is 2.34. The third-order valence-electron chi connectivity index (χ3n) is 5.02. The van der Waals surface area contributed by atoms with Gasteiger partial charge in [-0.3, -0.25) is 4.90 Å². The third-order valence-corrected chi connectivity index (χ3v) is 5.40. The predicted octanol–water partition coefficient (Wildman–Crippen LogP) is 2.41. The van der Waals surface area contributed by atoms with Crippen LogP contribution in [0.5, 0.6) is 0 Å². The van der Waals surface area contributed by atoms with Crippen LogP contribution in [0.4, 0.5) is 11.6 Å². The van der Waals surface area contributed by atoms with Crippen LogP contribution < -0.4 is 11.1 Å². The van der Waals surface area contributed by atoms with Gasteiger partial charge in [0, 0.05) is 31.6 Å². The Hall–Kier alpha value is -1.11. The van der Waals surface area contributed by atoms with Crippen LogP contribution in [-0.2, 0) is 4.74 Å². The van der Waals surface area contributed by atoms with E-state index in [1.165, 1.54) is 38.4 Å². The van der Waals surface area contributed by atoms with E-state index in [0.29, 0.717) is 16.7 Å². The van der Waals surface area contributed by atoms with Crippen LogP contribution in [0.15, 0.2) is 6.33 Å². The van der Waals surface area contributed by atoms with Gasteiger partial charge in [-0.25, -0.2) is 9.97 Å². The van der Waals surface area contributed by atoms with Gasteiger partial charge in [-0.15, -0.1) is 0 Å². The smallest absolute Gasteiger partial charge is 0.150 e. The molecule has 23 heavy (non-hydrogen) atoms. The van der Waals surface area contributed by atoms with Gasteiger partial charge in [0.15, 0.2) is 0 Å². The Labute approximate surface area is 142 Å². The number of rotatable bonds is 5. The number of hydrogen-bond donors (Lipinski definition) is 2. The normalized spacial score (nSPS) is 22.0. The zero-order valence-electron chi connectivity index (χ0n) is 13.6. The van der Waals surface area contributed by atoms with Crippen molar-refractivity contribution in [2.24, 2.45) is 5.41 Å². The standard InChI is InChI=1S/C16H26ClN5O/c17-13-14(18)20-12-21-15(13)19-10-16(4-2-1-3-5-16)11-22-6-8-23-9-7-22/h12H,1-11H2,(H3,18,19,20,21). The number of nitrogen functional groups attached to an aromatic ring is 1. The number of anilines is 2. The summed E-state index contributed by atoms with van der Waals surface area (Å²) in [5.41, 5.74) is 6.04. The van der Waals surface area contributed by atoms with Gasteiger partial charge in [0.25, 0.3) is 0 Å². The van der Waals surface area contributed by atoms with E-state index in [0.717, 1.165) is 39.4 Å². The summed E-state index contributed by atoms with van der Waals surface area (Å²) in [6.45, 7) is 5.74. The number of halogens is 1. The Morgan fingerprint density at radius 3 is 2.70 bits per heavy atom. The van der Waals surface area contributed by atoms with Crippen molar-refractivity contribution < 1.29 is 4.74 Å². The maximum absolute atomic E-state index is 6.21. The highest BCUT2D eigenvalue weighted by molar-refractivity contribution is 6.35. The summed E-state index contributed by atoms with van der Waals surface area (Å²) in [5, 5.41) is 3.85. The molecule has 0 unspecified atom stereocenters. The molecule has 3 rings (SSSR count). The predicted molar refractivity (Wildman–Crippen MR) is 92.7 cm³/mol. The Balaban J connectivity index is 1.67. The van der Waals surface area contributed by atoms with E-state index in [1.807, 2.05) is 0 Å². The van der Waals surface area contributed by atoms with Gasteiger partial charge in [0.1, 0.15) is 23.0 Å². The zero-order valence-corrected chi connectivity index (χ0v) is 14.3. The molecule has 1 aromatic rings. The first-order valence-electron chi connectivity index (χ1n) is 8.49. The van der Waals surface area contributed by atoms with Crippen LogP contribution in [0.1, 0.15) is 32.1 Å². The van der Waals surface area contributed by atoms with Crippen molar-refractivity contribution >= 4 is 23.2 Å². The van der Waals surface area contributed by atoms with Gasteiger partial charge in [0.05, 0.1) is 13.2 Å². The number of nitrogens with two attached hydrogens (primary N) is 1. The molecule has 1 saturated carbocycles. The molecule has 6 nitrogen and oxygen atoms in total. The number of morpholine rings is 1. The molecule has 1 aromatic heterocycles. The molecule has 1 aliphatic carbocycles. The van der Waals surface area contributed by atoms with Gasteiger partial charge >= 0.3 is 0 Å². The summed E-state index contributed by atoms with van der Waals surface area (Å²) in [5.74, 6) is 0.973. The summed E-state index contributed by atoms with van der Waals surface area (Å²) < 4.78 is 5.47. The van der Waals surface area contributed by atoms with Gasteiger partial charge in [-0.2, -0.15) is 0 Å². The molecule has 0 aromatic carbocycles. The zero-order chi connectivity index (χ0) is 16.1. The lowest BCUT2D eigenvalue weighted by Gasteiger charge is -2.42. The number of nitrogens with one attached hydrogen (secondary N) is 1. The lowest BCUT2D eigenvalue weighted by Crippen LogP contribution is -2.47. The van der Waals surface area contributed by atoms with Gasteiger partial charge in [-0.05, 0) is 12.8 Å². The highest BCUT2D eigenvalue weighted by atomic mass is 35.5. The Morgan fingerprint density at radius 2 is 1.96 bits per heavy atom. The molecular weight excluding hydrogens is 314 g/mol. The molecule has 2 fully saturated rings. The van der Waals surface area contributed by atoms with Crippen LogP contribution in [0.2, 0.25) is 5.02 Å². The largest absolute Gasteiger partial charge is 0.382 e. The van der Waals surface area contributed by atoms with E-state index < -0.39 is 0 Å². The molecule has 0 spiro atoms. The summed E-state index contributed by atoms with van der Waals surface area (Å²) in [4.78, 5) is 10.7. The number of ether oxygens (including phenoxy) is 1. The second kappa shape index (κ2) is 7.64. The molecule has 1 saturated heterocycles. The fourth-order valence-corrected chi connectivity index (χ4v) is 3.87. The van der Waals surface area contributed by atoms with E-state index in [9.17, 15) is 0 Å². The Morgan fingerprint density at radius 1 is 1.22 bits per heavy atom. The lowest BCUT2D eigenvalue weighted by molar-refractivity contribution is 0.0102. The molecule has 7 heteroatoms. The molecule has 3 N–H and O–H groups in total. The first kappa shape index (κ1) is 16.7. The van der Waals surface area contributed by atoms with Crippen molar-refractivity contribution in [3.8, 4) is 0 Å². The van der Waals surface area contributed by atoms with E-state index in [-0.39, 0.29) is 5.41 Å². The second-order valence-electron chi connectivity index (χ2n) is 6.72. The summed E-state index contributed by atoms with van der Waals surface area (Å²) in [7, 11) is 0. The topological polar surface area (TPSA) is 76.3 Å². The SMILES string of the molecule is Nc1ncnc(NCC2(CN3CCOCC3)CCCCC2)c1Cl. The first-order chi connectivity index (χ1) is 11.2. The minimum absolute atomic E-state index is 0.276. The van der Waals surface area contributed by atoms with Crippen molar-refractivity contribution in [1.82, 2.24) is 14.9 Å². The molecule has 2 heterocycles. The highest BCUT2D eigenvalue weighted by Crippen LogP contribution is 2.38. The molecule has 1 aliphatic heterocycles. The number of nitrogens with zero attached hydrogens (tertiary/aromatic N) is 3. The second-order valence-corrected chi connectivity index (χ2v) is 7.10. The molecule has 0 amide bonds. The first-order valence-corrected chi connectivity index (χ1v) is 8.86. The van der Waals surface area contributed by atoms with Crippen LogP contribution >= 0.6 is 11.6 Å². The Bertz CT molecular complexity index is 515. The van der Waals surface area contributed by atoms with Crippen LogP contribution in [0, 0.1) is 5.41 Å². The molecule has 128 valence electrons. The van der Waals surface area contributed by atoms with Crippen LogP contribution in [0.3, 0.4) is 0 Å². The van der Waals surface area contributed by atoms with E-state index in [1.54, 1.807) is 0 Å². The molecule has 0 atom stereocenters. The molecule has 0 radical (unpaired) electrons. The minimum Gasteiger partial charge on any atom is -0.382 e. The summed E-state index contributed by atoms with van der Waals surface area (Å²) in [6, 6.07) is 0. The van der Waals surface area contributed by atoms with E-state index in [2.05, 4.69) is 20.2 Å². The van der Waals surface area contributed by atoms with Crippen LogP contribution in [-0.4, -0.2) is 54.3 Å². The van der Waals surface area contributed by atoms with Crippen molar-refractivity contribution in [2.45, 2.75) is 32.1 Å². The molecule has 2 aliphatic rings. The van der Waals surface area contributed by atoms with Crippen molar-refractivity contribution in [1.29, 1.82) is 0 Å². The van der Waals surface area contributed by atoms with E-state index >= 15 is 0 Å². The number of aromatic nitrogens is 2. The molecular formula is C16H26ClN5O. The average Bonchev–Trinajstić information content (AvgIpc) is 2.58. The van der Waals surface area contributed by atoms with Crippen LogP contribution in [0.25, 0.3) is 0 Å². The fraction of sp³-hybridized carbons (Fsp3) is 0.750. The summed E-state index contributed by atoms with van der Waals surface area (Å²) in [6.07, 6.45) is 7.88. The van der Waals surface area contributed by atoms with Gasteiger partial charge in [0.2, 0.25) is 0 Å². The maximum Gasteiger partial charge on any atom is 0.150 e. The van der Waals surface area contributed by atoms with Gasteiger partial charge < -0.3 is 15.8 Å². The van der Waals surface area contributed by atoms with Crippen molar-refractivity contribution in [3.63, 3.8) is 0 Å². The third kappa shape index (κ3) is 4.25. The maximum atomic E-state index is 6.21. The fourth-order valence-electron chi connectivity index (χ4n) is 3.70. The molecule has 0 bridgehead atoms. The Kier molecular flexibility index (Phi) is 5.56. The number of hydrogen-bond acceptors (Lipinski definition) is 6. The minimum atomic E-state index is 0.276. The van der Waals surface area contributed by atoms with Gasteiger partial charge in [-0.1, -0.05) is 30.9 Å². The van der Waals surface area contributed by atoms with Crippen molar-refractivity contribution in [2.75, 3.05) is 50.4 Å². The monoisotopic (exact) mass is 339 g/mol. The van der Waals surface area contributed by atoms with E-state index in [4.69, 9.17) is 22.1 Å².